The van der Waals surface area contributed by atoms with Crippen molar-refractivity contribution >= 4 is 10.0 Å². The number of morpholine rings is 1. The lowest BCUT2D eigenvalue weighted by molar-refractivity contribution is 0.0730. The maximum atomic E-state index is 15.4. The molecule has 0 saturated carbocycles. The number of sulfonamides is 1. The highest BCUT2D eigenvalue weighted by atomic mass is 32.2. The first kappa shape index (κ1) is 30.3. The molecule has 10 nitrogen and oxygen atoms in total. The highest BCUT2D eigenvalue weighted by Gasteiger charge is 2.30. The van der Waals surface area contributed by atoms with Crippen LogP contribution < -0.4 is 21.7 Å². The van der Waals surface area contributed by atoms with E-state index >= 15 is 8.78 Å². The zero-order chi connectivity index (χ0) is 30.7. The van der Waals surface area contributed by atoms with Crippen molar-refractivity contribution in [1.82, 2.24) is 13.4 Å². The number of aromatic nitrogens is 2. The van der Waals surface area contributed by atoms with Gasteiger partial charge in [-0.3, -0.25) is 13.9 Å². The van der Waals surface area contributed by atoms with E-state index in [1.165, 1.54) is 41.7 Å². The first-order chi connectivity index (χ1) is 20.6. The van der Waals surface area contributed by atoms with Gasteiger partial charge in [0.1, 0.15) is 5.82 Å². The molecule has 5 rings (SSSR count). The molecule has 1 aromatic heterocycles. The summed E-state index contributed by atoms with van der Waals surface area (Å²) in [6.45, 7) is -0.308. The fraction of sp³-hybridized carbons (Fsp3) is 0.267. The Bertz CT molecular complexity index is 1860. The zero-order valence-electron chi connectivity index (χ0n) is 23.3. The number of nitrogens with two attached hydrogens (primary N) is 1. The predicted octanol–water partition coefficient (Wildman–Crippen LogP) is 2.73. The SMILES string of the molecule is COc1cccc(-c2cn(Cc3c(F)cccc3S(=O)(=O)N3CCOCC3)c(=O)n(C[C@H](N)c3ccccc3)c2=O)c1F. The topological polar surface area (TPSA) is 126 Å². The van der Waals surface area contributed by atoms with E-state index < -0.39 is 45.5 Å². The fourth-order valence-corrected chi connectivity index (χ4v) is 6.65. The van der Waals surface area contributed by atoms with Gasteiger partial charge >= 0.3 is 5.69 Å². The minimum absolute atomic E-state index is 0.0831. The molecule has 0 aliphatic carbocycles. The van der Waals surface area contributed by atoms with Crippen LogP contribution in [0.2, 0.25) is 0 Å². The lowest BCUT2D eigenvalue weighted by Gasteiger charge is -2.27. The van der Waals surface area contributed by atoms with E-state index in [0.717, 1.165) is 21.4 Å². The summed E-state index contributed by atoms with van der Waals surface area (Å²) in [4.78, 5) is 27.2. The van der Waals surface area contributed by atoms with Crippen LogP contribution in [-0.4, -0.2) is 55.3 Å². The normalized spacial score (nSPS) is 14.9. The van der Waals surface area contributed by atoms with Gasteiger partial charge in [-0.1, -0.05) is 48.5 Å². The van der Waals surface area contributed by atoms with Gasteiger partial charge in [0.2, 0.25) is 10.0 Å². The highest BCUT2D eigenvalue weighted by molar-refractivity contribution is 7.89. The summed E-state index contributed by atoms with van der Waals surface area (Å²) in [5.74, 6) is -1.84. The second kappa shape index (κ2) is 12.6. The molecule has 0 bridgehead atoms. The number of nitrogens with zero attached hydrogens (tertiary/aromatic N) is 3. The van der Waals surface area contributed by atoms with E-state index in [9.17, 15) is 18.0 Å². The number of benzene rings is 3. The van der Waals surface area contributed by atoms with Crippen LogP contribution in [-0.2, 0) is 27.8 Å². The van der Waals surface area contributed by atoms with Gasteiger partial charge < -0.3 is 15.2 Å². The number of hydrogen-bond acceptors (Lipinski definition) is 7. The third-order valence-corrected chi connectivity index (χ3v) is 9.29. The van der Waals surface area contributed by atoms with Gasteiger partial charge in [0.25, 0.3) is 5.56 Å². The molecule has 43 heavy (non-hydrogen) atoms. The van der Waals surface area contributed by atoms with Crippen LogP contribution in [0.15, 0.2) is 87.4 Å². The Morgan fingerprint density at radius 3 is 2.35 bits per heavy atom. The van der Waals surface area contributed by atoms with Crippen molar-refractivity contribution in [1.29, 1.82) is 0 Å². The summed E-state index contributed by atoms with van der Waals surface area (Å²) in [5, 5.41) is 0. The largest absolute Gasteiger partial charge is 0.494 e. The summed E-state index contributed by atoms with van der Waals surface area (Å²) >= 11 is 0. The standard InChI is InChI=1S/C30H30F2N4O6S/c1-41-26-11-5-9-21(28(26)32)22-17-34(30(38)36(29(22)37)19-25(33)20-7-3-2-4-8-20)18-23-24(31)10-6-12-27(23)43(39,40)35-13-15-42-16-14-35/h2-12,17,25H,13-16,18-19,33H2,1H3/t25-/m0/s1. The molecule has 226 valence electrons. The Balaban J connectivity index is 1.68. The summed E-state index contributed by atoms with van der Waals surface area (Å²) in [6, 6.07) is 15.8. The minimum atomic E-state index is -4.17. The van der Waals surface area contributed by atoms with E-state index in [-0.39, 0.29) is 60.2 Å². The molecule has 0 amide bonds. The van der Waals surface area contributed by atoms with Crippen LogP contribution in [0, 0.1) is 11.6 Å². The first-order valence-corrected chi connectivity index (χ1v) is 14.9. The molecule has 3 aromatic carbocycles. The second-order valence-corrected chi connectivity index (χ2v) is 11.8. The molecule has 1 aliphatic rings. The van der Waals surface area contributed by atoms with Gasteiger partial charge in [-0.2, -0.15) is 4.31 Å². The van der Waals surface area contributed by atoms with Crippen LogP contribution >= 0.6 is 0 Å². The molecular weight excluding hydrogens is 582 g/mol. The summed E-state index contributed by atoms with van der Waals surface area (Å²) in [6.07, 6.45) is 1.10. The molecule has 1 aliphatic heterocycles. The van der Waals surface area contributed by atoms with Crippen molar-refractivity contribution in [2.75, 3.05) is 33.4 Å². The number of ether oxygens (including phenoxy) is 2. The summed E-state index contributed by atoms with van der Waals surface area (Å²) < 4.78 is 71.2. The Labute approximate surface area is 246 Å². The van der Waals surface area contributed by atoms with E-state index in [2.05, 4.69) is 0 Å². The fourth-order valence-electron chi connectivity index (χ4n) is 5.02. The molecule has 0 spiro atoms. The first-order valence-electron chi connectivity index (χ1n) is 13.5. The third kappa shape index (κ3) is 6.02. The Morgan fingerprint density at radius 1 is 0.953 bits per heavy atom. The third-order valence-electron chi connectivity index (χ3n) is 7.31. The smallest absolute Gasteiger partial charge is 0.331 e. The van der Waals surface area contributed by atoms with Crippen LogP contribution in [0.3, 0.4) is 0 Å². The monoisotopic (exact) mass is 612 g/mol. The zero-order valence-corrected chi connectivity index (χ0v) is 24.1. The van der Waals surface area contributed by atoms with E-state index in [4.69, 9.17) is 15.2 Å². The van der Waals surface area contributed by atoms with Crippen molar-refractivity contribution in [3.8, 4) is 16.9 Å². The van der Waals surface area contributed by atoms with E-state index in [1.54, 1.807) is 30.3 Å². The summed E-state index contributed by atoms with van der Waals surface area (Å²) in [5.41, 5.74) is 4.65. The van der Waals surface area contributed by atoms with Crippen LogP contribution in [0.1, 0.15) is 17.2 Å². The average molecular weight is 613 g/mol. The second-order valence-electron chi connectivity index (χ2n) is 9.94. The van der Waals surface area contributed by atoms with Crippen LogP contribution in [0.5, 0.6) is 5.75 Å². The van der Waals surface area contributed by atoms with Crippen molar-refractivity contribution in [3.63, 3.8) is 0 Å². The van der Waals surface area contributed by atoms with Crippen molar-refractivity contribution in [2.45, 2.75) is 24.0 Å². The van der Waals surface area contributed by atoms with Crippen LogP contribution in [0.25, 0.3) is 11.1 Å². The molecule has 0 radical (unpaired) electrons. The molecule has 4 aromatic rings. The number of methoxy groups -OCH3 is 1. The quantitative estimate of drug-likeness (QED) is 0.308. The lowest BCUT2D eigenvalue weighted by atomic mass is 10.1. The average Bonchev–Trinajstić information content (AvgIpc) is 3.02. The van der Waals surface area contributed by atoms with Crippen molar-refractivity contribution in [3.05, 3.63) is 117 Å². The molecule has 1 fully saturated rings. The molecule has 1 atom stereocenters. The molecule has 1 saturated heterocycles. The predicted molar refractivity (Wildman–Crippen MR) is 155 cm³/mol. The summed E-state index contributed by atoms with van der Waals surface area (Å²) in [7, 11) is -2.89. The maximum Gasteiger partial charge on any atom is 0.331 e. The van der Waals surface area contributed by atoms with Crippen molar-refractivity contribution < 1.29 is 26.7 Å². The van der Waals surface area contributed by atoms with Crippen LogP contribution in [0.4, 0.5) is 8.78 Å². The van der Waals surface area contributed by atoms with Crippen molar-refractivity contribution in [2.24, 2.45) is 5.73 Å². The van der Waals surface area contributed by atoms with E-state index in [0.29, 0.717) is 5.56 Å². The Kier molecular flexibility index (Phi) is 8.87. The molecule has 13 heteroatoms. The number of hydrogen-bond donors (Lipinski definition) is 1. The minimum Gasteiger partial charge on any atom is -0.494 e. The molecule has 2 N–H and O–H groups in total. The highest BCUT2D eigenvalue weighted by Crippen LogP contribution is 2.28. The van der Waals surface area contributed by atoms with Gasteiger partial charge in [0, 0.05) is 36.5 Å². The van der Waals surface area contributed by atoms with Gasteiger partial charge in [-0.25, -0.2) is 22.0 Å². The molecular formula is C30H30F2N4O6S. The molecule has 0 unspecified atom stereocenters. The Morgan fingerprint density at radius 2 is 1.65 bits per heavy atom. The maximum absolute atomic E-state index is 15.4. The van der Waals surface area contributed by atoms with Gasteiger partial charge in [-0.05, 0) is 23.8 Å². The van der Waals surface area contributed by atoms with E-state index in [1.807, 2.05) is 0 Å². The number of halogens is 2. The van der Waals surface area contributed by atoms with Gasteiger partial charge in [0.05, 0.1) is 43.9 Å². The lowest BCUT2D eigenvalue weighted by Crippen LogP contribution is -2.43. The van der Waals surface area contributed by atoms with Gasteiger partial charge in [0.15, 0.2) is 11.6 Å². The molecule has 2 heterocycles. The Hall–Kier alpha value is -4.17. The van der Waals surface area contributed by atoms with Gasteiger partial charge in [-0.15, -0.1) is 0 Å². The number of rotatable bonds is 9.